The molecule has 0 aliphatic carbocycles. The van der Waals surface area contributed by atoms with Crippen molar-refractivity contribution >= 4 is 35.8 Å². The van der Waals surface area contributed by atoms with Gasteiger partial charge in [0, 0.05) is 6.42 Å². The summed E-state index contributed by atoms with van der Waals surface area (Å²) in [7, 11) is 0. The molecule has 12 heteroatoms. The molecule has 0 fully saturated rings. The van der Waals surface area contributed by atoms with E-state index in [1.54, 1.807) is 0 Å². The van der Waals surface area contributed by atoms with Crippen LogP contribution in [0.2, 0.25) is 0 Å². The summed E-state index contributed by atoms with van der Waals surface area (Å²) in [5, 5.41) is 17.6. The molecule has 224 valence electrons. The topological polar surface area (TPSA) is 211 Å². The number of aldehydes is 1. The van der Waals surface area contributed by atoms with E-state index in [0.29, 0.717) is 19.1 Å². The van der Waals surface area contributed by atoms with Crippen LogP contribution in [0.3, 0.4) is 0 Å². The maximum Gasteiger partial charge on any atom is 0.243 e. The van der Waals surface area contributed by atoms with E-state index >= 15 is 0 Å². The van der Waals surface area contributed by atoms with Crippen LogP contribution < -0.4 is 27.4 Å². The number of rotatable bonds is 23. The molecule has 5 amide bonds. The number of aliphatic hydroxyl groups is 1. The van der Waals surface area contributed by atoms with E-state index < -0.39 is 60.2 Å². The Balaban J connectivity index is 5.12. The van der Waals surface area contributed by atoms with E-state index in [0.717, 1.165) is 25.7 Å². The molecule has 0 aliphatic rings. The van der Waals surface area contributed by atoms with E-state index in [4.69, 9.17) is 11.5 Å². The van der Waals surface area contributed by atoms with Crippen molar-refractivity contribution in [2.24, 2.45) is 17.4 Å². The first-order chi connectivity index (χ1) is 18.4. The van der Waals surface area contributed by atoms with Crippen LogP contribution in [0.4, 0.5) is 0 Å². The maximum absolute atomic E-state index is 12.9. The highest BCUT2D eigenvalue weighted by atomic mass is 16.3. The summed E-state index contributed by atoms with van der Waals surface area (Å²) in [4.78, 5) is 72.5. The first-order valence-electron chi connectivity index (χ1n) is 14.0. The second-order valence-corrected chi connectivity index (χ2v) is 10.5. The van der Waals surface area contributed by atoms with Gasteiger partial charge in [-0.15, -0.1) is 0 Å². The summed E-state index contributed by atoms with van der Waals surface area (Å²) in [5.74, 6) is -3.70. The normalized spacial score (nSPS) is 14.1. The van der Waals surface area contributed by atoms with Crippen molar-refractivity contribution in [1.82, 2.24) is 16.0 Å². The quantitative estimate of drug-likeness (QED) is 0.0784. The Labute approximate surface area is 231 Å². The van der Waals surface area contributed by atoms with Crippen molar-refractivity contribution in [3.8, 4) is 0 Å². The predicted molar refractivity (Wildman–Crippen MR) is 147 cm³/mol. The smallest absolute Gasteiger partial charge is 0.243 e. The summed E-state index contributed by atoms with van der Waals surface area (Å²) < 4.78 is 0. The lowest BCUT2D eigenvalue weighted by atomic mass is 10.0. The van der Waals surface area contributed by atoms with Crippen molar-refractivity contribution in [1.29, 1.82) is 0 Å². The fourth-order valence-corrected chi connectivity index (χ4v) is 4.08. The molecule has 0 aliphatic heterocycles. The Morgan fingerprint density at radius 2 is 1.36 bits per heavy atom. The third-order valence-corrected chi connectivity index (χ3v) is 6.15. The summed E-state index contributed by atoms with van der Waals surface area (Å²) in [6, 6.07) is -3.46. The molecule has 0 bridgehead atoms. The van der Waals surface area contributed by atoms with Crippen LogP contribution in [0.25, 0.3) is 0 Å². The molecule has 0 aromatic carbocycles. The Hall–Kier alpha value is -3.02. The van der Waals surface area contributed by atoms with E-state index in [1.165, 1.54) is 19.3 Å². The molecule has 4 atom stereocenters. The lowest BCUT2D eigenvalue weighted by molar-refractivity contribution is -0.134. The molecule has 0 saturated heterocycles. The molecule has 12 nitrogen and oxygen atoms in total. The van der Waals surface area contributed by atoms with Gasteiger partial charge in [0.15, 0.2) is 0 Å². The van der Waals surface area contributed by atoms with Crippen LogP contribution in [0.15, 0.2) is 0 Å². The number of primary amides is 2. The lowest BCUT2D eigenvalue weighted by Crippen LogP contribution is -2.56. The highest BCUT2D eigenvalue weighted by Crippen LogP contribution is 2.11. The van der Waals surface area contributed by atoms with Gasteiger partial charge in [-0.3, -0.25) is 24.0 Å². The average Bonchev–Trinajstić information content (AvgIpc) is 2.84. The van der Waals surface area contributed by atoms with Crippen LogP contribution in [0.1, 0.15) is 104 Å². The van der Waals surface area contributed by atoms with Gasteiger partial charge in [-0.2, -0.15) is 0 Å². The average molecular weight is 556 g/mol. The first-order valence-corrected chi connectivity index (χ1v) is 14.0. The predicted octanol–water partition coefficient (Wildman–Crippen LogP) is 0.718. The third kappa shape index (κ3) is 18.8. The zero-order chi connectivity index (χ0) is 29.8. The number of aliphatic hydroxyl groups excluding tert-OH is 1. The van der Waals surface area contributed by atoms with Crippen molar-refractivity contribution in [3.63, 3.8) is 0 Å². The summed E-state index contributed by atoms with van der Waals surface area (Å²) in [6.07, 6.45) is 6.76. The van der Waals surface area contributed by atoms with Gasteiger partial charge in [0.2, 0.25) is 29.5 Å². The van der Waals surface area contributed by atoms with Crippen LogP contribution in [0, 0.1) is 5.92 Å². The molecule has 0 heterocycles. The molecule has 2 unspecified atom stereocenters. The van der Waals surface area contributed by atoms with Gasteiger partial charge in [-0.25, -0.2) is 0 Å². The van der Waals surface area contributed by atoms with Gasteiger partial charge >= 0.3 is 0 Å². The van der Waals surface area contributed by atoms with E-state index in [2.05, 4.69) is 22.9 Å². The second-order valence-electron chi connectivity index (χ2n) is 10.5. The van der Waals surface area contributed by atoms with Gasteiger partial charge in [0.25, 0.3) is 0 Å². The molecular weight excluding hydrogens is 506 g/mol. The number of hydrogen-bond acceptors (Lipinski definition) is 7. The number of amides is 5. The molecule has 39 heavy (non-hydrogen) atoms. The minimum atomic E-state index is -1.40. The summed E-state index contributed by atoms with van der Waals surface area (Å²) in [5.41, 5.74) is 10.4. The summed E-state index contributed by atoms with van der Waals surface area (Å²) >= 11 is 0. The third-order valence-electron chi connectivity index (χ3n) is 6.15. The SMILES string of the molecule is CCCCCCCCCC(O)CC(=O)N[C@@H](CC(N)=O)C(=O)N[C@@H](CCC(N)=O)C(=O)NC(C=O)CC(C)C. The van der Waals surface area contributed by atoms with Crippen LogP contribution in [0.5, 0.6) is 0 Å². The molecule has 0 rings (SSSR count). The molecule has 0 spiro atoms. The molecule has 8 N–H and O–H groups in total. The number of carbonyl (C=O) groups is 6. The summed E-state index contributed by atoms with van der Waals surface area (Å²) in [6.45, 7) is 5.90. The second kappa shape index (κ2) is 20.9. The number of nitrogens with two attached hydrogens (primary N) is 2. The fraction of sp³-hybridized carbons (Fsp3) is 0.778. The molecule has 0 saturated carbocycles. The van der Waals surface area contributed by atoms with E-state index in [9.17, 15) is 33.9 Å². The highest BCUT2D eigenvalue weighted by molar-refractivity contribution is 5.95. The van der Waals surface area contributed by atoms with Crippen molar-refractivity contribution in [2.75, 3.05) is 0 Å². The standard InChI is InChI=1S/C27H49N5O7/c1-4-5-6-7-8-9-10-11-20(34)15-25(37)31-22(16-24(29)36)27(39)32-21(12-13-23(28)35)26(38)30-19(17-33)14-18(2)3/h17-22,34H,4-16H2,1-3H3,(H2,28,35)(H2,29,36)(H,30,38)(H,31,37)(H,32,39)/t19?,20?,21-,22-/m0/s1. The zero-order valence-corrected chi connectivity index (χ0v) is 23.7. The Kier molecular flexibility index (Phi) is 19.3. The minimum absolute atomic E-state index is 0.107. The van der Waals surface area contributed by atoms with Crippen molar-refractivity contribution in [3.05, 3.63) is 0 Å². The van der Waals surface area contributed by atoms with E-state index in [1.807, 2.05) is 13.8 Å². The van der Waals surface area contributed by atoms with Gasteiger partial charge in [-0.05, 0) is 25.2 Å². The number of hydrogen-bond donors (Lipinski definition) is 6. The van der Waals surface area contributed by atoms with Crippen LogP contribution >= 0.6 is 0 Å². The number of carbonyl (C=O) groups excluding carboxylic acids is 6. The van der Waals surface area contributed by atoms with E-state index in [-0.39, 0.29) is 25.2 Å². The van der Waals surface area contributed by atoms with Crippen LogP contribution in [-0.4, -0.2) is 65.2 Å². The molecular formula is C27H49N5O7. The molecule has 0 aromatic heterocycles. The zero-order valence-electron chi connectivity index (χ0n) is 23.7. The number of nitrogens with one attached hydrogen (secondary N) is 3. The monoisotopic (exact) mass is 555 g/mol. The molecule has 0 aromatic rings. The Morgan fingerprint density at radius 3 is 1.90 bits per heavy atom. The van der Waals surface area contributed by atoms with Gasteiger partial charge in [0.05, 0.1) is 25.0 Å². The maximum atomic E-state index is 12.9. The van der Waals surface area contributed by atoms with Crippen LogP contribution in [-0.2, 0) is 28.8 Å². The largest absolute Gasteiger partial charge is 0.393 e. The fourth-order valence-electron chi connectivity index (χ4n) is 4.08. The number of unbranched alkanes of at least 4 members (excludes halogenated alkanes) is 6. The minimum Gasteiger partial charge on any atom is -0.393 e. The van der Waals surface area contributed by atoms with Crippen molar-refractivity contribution in [2.45, 2.75) is 128 Å². The lowest BCUT2D eigenvalue weighted by Gasteiger charge is -2.24. The van der Waals surface area contributed by atoms with Gasteiger partial charge < -0.3 is 37.3 Å². The van der Waals surface area contributed by atoms with Gasteiger partial charge in [0.1, 0.15) is 18.4 Å². The Morgan fingerprint density at radius 1 is 0.769 bits per heavy atom. The Bertz CT molecular complexity index is 790. The van der Waals surface area contributed by atoms with Gasteiger partial charge in [-0.1, -0.05) is 65.7 Å². The molecule has 0 radical (unpaired) electrons. The van der Waals surface area contributed by atoms with Crippen molar-refractivity contribution < 1.29 is 33.9 Å². The first kappa shape index (κ1) is 36.0. The highest BCUT2D eigenvalue weighted by Gasteiger charge is 2.29.